The molecule has 2 heterocycles. The molecule has 1 saturated heterocycles. The molecule has 1 aliphatic heterocycles. The monoisotopic (exact) mass is 347 g/mol. The smallest absolute Gasteiger partial charge is 0.273 e. The highest BCUT2D eigenvalue weighted by Crippen LogP contribution is 2.23. The molecule has 3 rings (SSSR count). The predicted molar refractivity (Wildman–Crippen MR) is 102 cm³/mol. The number of pyridine rings is 1. The van der Waals surface area contributed by atoms with E-state index in [9.17, 15) is 10.1 Å². The van der Waals surface area contributed by atoms with E-state index in [-0.39, 0.29) is 10.6 Å². The van der Waals surface area contributed by atoms with E-state index in [4.69, 9.17) is 0 Å². The summed E-state index contributed by atoms with van der Waals surface area (Å²) < 4.78 is 0. The number of hydrogen-bond donors (Lipinski definition) is 0. The average Bonchev–Trinajstić information content (AvgIpc) is 2.63. The molecule has 132 valence electrons. The fraction of sp³-hybridized carbons (Fsp3) is 0.286. The van der Waals surface area contributed by atoms with Crippen molar-refractivity contribution in [1.29, 1.82) is 0 Å². The van der Waals surface area contributed by atoms with Crippen LogP contribution in [0.1, 0.15) is 29.8 Å². The minimum Gasteiger partial charge on any atom is -0.298 e. The molecule has 0 unspecified atom stereocenters. The number of nitro groups is 1. The molecule has 0 spiro atoms. The molecule has 1 fully saturated rings. The summed E-state index contributed by atoms with van der Waals surface area (Å²) in [5.41, 5.74) is 4.05. The number of likely N-dealkylation sites (tertiary alicyclic amines) is 1. The van der Waals surface area contributed by atoms with Gasteiger partial charge >= 0.3 is 0 Å². The third-order valence-corrected chi connectivity index (χ3v) is 4.45. The second kappa shape index (κ2) is 8.41. The zero-order valence-electron chi connectivity index (χ0n) is 14.8. The summed E-state index contributed by atoms with van der Waals surface area (Å²) in [6.45, 7) is 4.35. The summed E-state index contributed by atoms with van der Waals surface area (Å²) in [4.78, 5) is 17.5. The Bertz CT molecular complexity index is 883. The first-order chi connectivity index (χ1) is 12.6. The summed E-state index contributed by atoms with van der Waals surface area (Å²) in [6.07, 6.45) is 3.87. The Balaban J connectivity index is 1.57. The van der Waals surface area contributed by atoms with Gasteiger partial charge in [-0.15, -0.1) is 0 Å². The molecule has 1 aromatic heterocycles. The number of nitro benzene ring substituents is 1. The molecule has 1 aliphatic rings. The summed E-state index contributed by atoms with van der Waals surface area (Å²) >= 11 is 0. The SMILES string of the molecule is Cc1cccc(C#CC=C2CCN(Cc3ccccc3[N+](=O)[O-])CC2)n1. The number of para-hydroxylation sites is 1. The third kappa shape index (κ3) is 4.78. The Kier molecular flexibility index (Phi) is 5.77. The largest absolute Gasteiger partial charge is 0.298 e. The van der Waals surface area contributed by atoms with Crippen LogP contribution >= 0.6 is 0 Å². The summed E-state index contributed by atoms with van der Waals surface area (Å²) in [5, 5.41) is 11.1. The number of aromatic nitrogens is 1. The molecule has 5 heteroatoms. The molecular formula is C21H21N3O2. The Morgan fingerprint density at radius 3 is 2.69 bits per heavy atom. The fourth-order valence-corrected chi connectivity index (χ4v) is 3.03. The first-order valence-corrected chi connectivity index (χ1v) is 8.69. The Morgan fingerprint density at radius 2 is 1.96 bits per heavy atom. The van der Waals surface area contributed by atoms with Gasteiger partial charge in [-0.25, -0.2) is 4.98 Å². The van der Waals surface area contributed by atoms with Gasteiger partial charge in [-0.2, -0.15) is 0 Å². The normalized spacial score (nSPS) is 14.4. The molecule has 5 nitrogen and oxygen atoms in total. The lowest BCUT2D eigenvalue weighted by molar-refractivity contribution is -0.385. The highest BCUT2D eigenvalue weighted by atomic mass is 16.6. The van der Waals surface area contributed by atoms with Gasteiger partial charge in [-0.3, -0.25) is 15.0 Å². The van der Waals surface area contributed by atoms with Crippen LogP contribution in [0.2, 0.25) is 0 Å². The number of rotatable bonds is 3. The van der Waals surface area contributed by atoms with Gasteiger partial charge in [0.1, 0.15) is 5.69 Å². The van der Waals surface area contributed by atoms with Gasteiger partial charge in [0.15, 0.2) is 0 Å². The molecular weight excluding hydrogens is 326 g/mol. The van der Waals surface area contributed by atoms with E-state index in [1.54, 1.807) is 12.1 Å². The highest BCUT2D eigenvalue weighted by Gasteiger charge is 2.18. The van der Waals surface area contributed by atoms with Crippen LogP contribution < -0.4 is 0 Å². The number of allylic oxidation sites excluding steroid dienone is 1. The van der Waals surface area contributed by atoms with E-state index >= 15 is 0 Å². The molecule has 0 saturated carbocycles. The number of aryl methyl sites for hydroxylation is 1. The Morgan fingerprint density at radius 1 is 1.19 bits per heavy atom. The third-order valence-electron chi connectivity index (χ3n) is 4.45. The Hall–Kier alpha value is -2.97. The van der Waals surface area contributed by atoms with Crippen LogP contribution in [0.25, 0.3) is 0 Å². The zero-order valence-corrected chi connectivity index (χ0v) is 14.8. The quantitative estimate of drug-likeness (QED) is 0.480. The summed E-state index contributed by atoms with van der Waals surface area (Å²) in [5.74, 6) is 6.18. The van der Waals surface area contributed by atoms with Crippen molar-refractivity contribution in [2.45, 2.75) is 26.3 Å². The van der Waals surface area contributed by atoms with Gasteiger partial charge in [-0.1, -0.05) is 35.8 Å². The van der Waals surface area contributed by atoms with Gasteiger partial charge in [0.25, 0.3) is 5.69 Å². The first kappa shape index (κ1) is 17.8. The second-order valence-electron chi connectivity index (χ2n) is 6.40. The number of hydrogen-bond acceptors (Lipinski definition) is 4. The van der Waals surface area contributed by atoms with E-state index in [1.807, 2.05) is 43.3 Å². The van der Waals surface area contributed by atoms with Crippen LogP contribution in [0.15, 0.2) is 54.1 Å². The van der Waals surface area contributed by atoms with Crippen molar-refractivity contribution in [1.82, 2.24) is 9.88 Å². The minimum absolute atomic E-state index is 0.199. The first-order valence-electron chi connectivity index (χ1n) is 8.69. The Labute approximate surface area is 153 Å². The molecule has 0 bridgehead atoms. The molecule has 0 atom stereocenters. The van der Waals surface area contributed by atoms with Crippen molar-refractivity contribution in [3.05, 3.63) is 81.2 Å². The van der Waals surface area contributed by atoms with Gasteiger partial charge < -0.3 is 0 Å². The van der Waals surface area contributed by atoms with Crippen LogP contribution in [0.3, 0.4) is 0 Å². The predicted octanol–water partition coefficient (Wildman–Crippen LogP) is 3.87. The van der Waals surface area contributed by atoms with Crippen molar-refractivity contribution < 1.29 is 4.92 Å². The van der Waals surface area contributed by atoms with Gasteiger partial charge in [0, 0.05) is 37.0 Å². The maximum atomic E-state index is 11.1. The van der Waals surface area contributed by atoms with E-state index < -0.39 is 0 Å². The maximum absolute atomic E-state index is 11.1. The van der Waals surface area contributed by atoms with Gasteiger partial charge in [0.05, 0.1) is 4.92 Å². The number of benzene rings is 1. The van der Waals surface area contributed by atoms with Gasteiger partial charge in [0.2, 0.25) is 0 Å². The van der Waals surface area contributed by atoms with E-state index in [1.165, 1.54) is 5.57 Å². The molecule has 0 aliphatic carbocycles. The lowest BCUT2D eigenvalue weighted by Gasteiger charge is -2.27. The number of nitrogens with zero attached hydrogens (tertiary/aromatic N) is 3. The fourth-order valence-electron chi connectivity index (χ4n) is 3.03. The van der Waals surface area contributed by atoms with Crippen molar-refractivity contribution in [3.8, 4) is 11.8 Å². The second-order valence-corrected chi connectivity index (χ2v) is 6.40. The van der Waals surface area contributed by atoms with Crippen molar-refractivity contribution >= 4 is 5.69 Å². The summed E-state index contributed by atoms with van der Waals surface area (Å²) in [7, 11) is 0. The minimum atomic E-state index is -0.306. The highest BCUT2D eigenvalue weighted by molar-refractivity contribution is 5.40. The molecule has 0 radical (unpaired) electrons. The van der Waals surface area contributed by atoms with E-state index in [2.05, 4.69) is 21.7 Å². The number of piperidine rings is 1. The van der Waals surface area contributed by atoms with Crippen LogP contribution in [-0.4, -0.2) is 27.9 Å². The van der Waals surface area contributed by atoms with E-state index in [0.29, 0.717) is 6.54 Å². The molecule has 0 amide bonds. The van der Waals surface area contributed by atoms with Crippen LogP contribution in [0.5, 0.6) is 0 Å². The lowest BCUT2D eigenvalue weighted by atomic mass is 10.0. The maximum Gasteiger partial charge on any atom is 0.273 e. The lowest BCUT2D eigenvalue weighted by Crippen LogP contribution is -2.30. The zero-order chi connectivity index (χ0) is 18.4. The van der Waals surface area contributed by atoms with Crippen LogP contribution in [0, 0.1) is 28.9 Å². The molecule has 0 N–H and O–H groups in total. The average molecular weight is 347 g/mol. The van der Waals surface area contributed by atoms with Crippen LogP contribution in [-0.2, 0) is 6.54 Å². The van der Waals surface area contributed by atoms with Crippen molar-refractivity contribution in [2.75, 3.05) is 13.1 Å². The topological polar surface area (TPSA) is 59.3 Å². The molecule has 2 aromatic rings. The van der Waals surface area contributed by atoms with Crippen molar-refractivity contribution in [2.24, 2.45) is 0 Å². The summed E-state index contributed by atoms with van der Waals surface area (Å²) in [6, 6.07) is 12.8. The van der Waals surface area contributed by atoms with Crippen LogP contribution in [0.4, 0.5) is 5.69 Å². The molecule has 26 heavy (non-hydrogen) atoms. The van der Waals surface area contributed by atoms with Crippen molar-refractivity contribution in [3.63, 3.8) is 0 Å². The van der Waals surface area contributed by atoms with Gasteiger partial charge in [-0.05, 0) is 43.9 Å². The van der Waals surface area contributed by atoms with E-state index in [0.717, 1.165) is 42.9 Å². The standard InChI is InChI=1S/C21H21N3O2/c1-17-6-4-9-20(22-17)10-5-7-18-12-14-23(15-13-18)16-19-8-2-3-11-21(19)24(25)26/h2-4,6-9,11H,12-16H2,1H3. The molecule has 1 aromatic carbocycles.